The molecule has 2 unspecified atom stereocenters. The van der Waals surface area contributed by atoms with E-state index in [2.05, 4.69) is 15.5 Å². The second kappa shape index (κ2) is 6.64. The third kappa shape index (κ3) is 3.20. The molecule has 0 bridgehead atoms. The average Bonchev–Trinajstić information content (AvgIpc) is 3.12. The third-order valence-electron chi connectivity index (χ3n) is 5.71. The molecule has 29 heavy (non-hydrogen) atoms. The molecule has 1 aromatic heterocycles. The second-order valence-corrected chi connectivity index (χ2v) is 8.04. The fraction of sp³-hybridized carbons (Fsp3) is 0.381. The number of rotatable bonds is 3. The Morgan fingerprint density at radius 3 is 2.66 bits per heavy atom. The molecule has 0 radical (unpaired) electrons. The first-order valence-corrected chi connectivity index (χ1v) is 9.25. The predicted octanol–water partition coefficient (Wildman–Crippen LogP) is 5.72. The van der Waals surface area contributed by atoms with Crippen molar-refractivity contribution < 1.29 is 22.3 Å². The van der Waals surface area contributed by atoms with Gasteiger partial charge in [-0.1, -0.05) is 26.0 Å². The van der Waals surface area contributed by atoms with Gasteiger partial charge >= 0.3 is 6.18 Å². The lowest BCUT2D eigenvalue weighted by Gasteiger charge is -2.44. The molecule has 0 saturated heterocycles. The first-order valence-electron chi connectivity index (χ1n) is 9.25. The van der Waals surface area contributed by atoms with E-state index in [1.807, 2.05) is 0 Å². The normalized spacial score (nSPS) is 21.1. The number of aromatic amines is 1. The summed E-state index contributed by atoms with van der Waals surface area (Å²) < 4.78 is 61.9. The van der Waals surface area contributed by atoms with Crippen molar-refractivity contribution in [3.05, 3.63) is 53.5 Å². The van der Waals surface area contributed by atoms with Crippen molar-refractivity contribution >= 4 is 16.6 Å². The molecule has 1 aliphatic carbocycles. The van der Waals surface area contributed by atoms with E-state index in [9.17, 15) is 17.6 Å². The number of ether oxygens (including phenoxy) is 1. The number of nitrogens with one attached hydrogen (secondary N) is 2. The Morgan fingerprint density at radius 1 is 1.21 bits per heavy atom. The Labute approximate surface area is 165 Å². The highest BCUT2D eigenvalue weighted by Gasteiger charge is 2.53. The van der Waals surface area contributed by atoms with Gasteiger partial charge in [0.15, 0.2) is 11.6 Å². The number of fused-ring (bicyclic) bond motifs is 2. The van der Waals surface area contributed by atoms with Gasteiger partial charge in [-0.25, -0.2) is 4.39 Å². The smallest absolute Gasteiger partial charge is 0.394 e. The van der Waals surface area contributed by atoms with E-state index in [-0.39, 0.29) is 12.2 Å². The van der Waals surface area contributed by atoms with Gasteiger partial charge in [0.25, 0.3) is 0 Å². The molecule has 4 rings (SSSR count). The van der Waals surface area contributed by atoms with Gasteiger partial charge in [0, 0.05) is 16.6 Å². The number of H-pyrrole nitrogens is 1. The fourth-order valence-electron chi connectivity index (χ4n) is 4.46. The van der Waals surface area contributed by atoms with Gasteiger partial charge in [-0.2, -0.15) is 18.3 Å². The van der Waals surface area contributed by atoms with Gasteiger partial charge in [-0.05, 0) is 35.6 Å². The molecule has 2 N–H and O–H groups in total. The van der Waals surface area contributed by atoms with E-state index in [1.165, 1.54) is 19.2 Å². The second-order valence-electron chi connectivity index (χ2n) is 8.04. The summed E-state index contributed by atoms with van der Waals surface area (Å²) in [5.74, 6) is -2.23. The Morgan fingerprint density at radius 2 is 1.97 bits per heavy atom. The van der Waals surface area contributed by atoms with Crippen molar-refractivity contribution in [1.82, 2.24) is 10.2 Å². The first-order chi connectivity index (χ1) is 13.6. The number of methoxy groups -OCH3 is 1. The number of anilines is 1. The SMILES string of the molecule is COc1c(F)ccc2c1C(C)(C)CC(C(F)(F)F)C2Nc1cccc2[nH]ncc12. The number of nitrogens with zero attached hydrogens (tertiary/aromatic N) is 1. The summed E-state index contributed by atoms with van der Waals surface area (Å²) in [6.07, 6.45) is -3.06. The maximum absolute atomic E-state index is 14.4. The Bertz CT molecular complexity index is 1060. The van der Waals surface area contributed by atoms with E-state index in [0.29, 0.717) is 27.7 Å². The van der Waals surface area contributed by atoms with E-state index in [0.717, 1.165) is 0 Å². The van der Waals surface area contributed by atoms with Crippen LogP contribution in [0.25, 0.3) is 10.9 Å². The number of aromatic nitrogens is 2. The number of alkyl halides is 3. The molecule has 8 heteroatoms. The van der Waals surface area contributed by atoms with E-state index >= 15 is 0 Å². The lowest BCUT2D eigenvalue weighted by atomic mass is 9.65. The van der Waals surface area contributed by atoms with Crippen molar-refractivity contribution in [3.8, 4) is 5.75 Å². The number of hydrogen-bond acceptors (Lipinski definition) is 3. The summed E-state index contributed by atoms with van der Waals surface area (Å²) in [6.45, 7) is 3.39. The fourth-order valence-corrected chi connectivity index (χ4v) is 4.46. The standard InChI is InChI=1S/C21H21F4N3O/c1-20(2)9-13(21(23,24)25)18(11-7-8-14(22)19(29-3)17(11)20)27-15-5-4-6-16-12(15)10-26-28-16/h4-8,10,13,18,27H,9H2,1-3H3,(H,26,28). The van der Waals surface area contributed by atoms with E-state index in [1.54, 1.807) is 38.2 Å². The van der Waals surface area contributed by atoms with Crippen LogP contribution in [0.1, 0.15) is 37.4 Å². The van der Waals surface area contributed by atoms with Crippen LogP contribution in [0, 0.1) is 11.7 Å². The van der Waals surface area contributed by atoms with E-state index < -0.39 is 29.4 Å². The third-order valence-corrected chi connectivity index (χ3v) is 5.71. The van der Waals surface area contributed by atoms with Gasteiger partial charge in [0.2, 0.25) is 0 Å². The highest BCUT2D eigenvalue weighted by atomic mass is 19.4. The highest BCUT2D eigenvalue weighted by molar-refractivity contribution is 5.91. The van der Waals surface area contributed by atoms with Crippen LogP contribution >= 0.6 is 0 Å². The van der Waals surface area contributed by atoms with Crippen molar-refractivity contribution in [2.45, 2.75) is 37.9 Å². The molecule has 1 aliphatic rings. The monoisotopic (exact) mass is 407 g/mol. The van der Waals surface area contributed by atoms with Crippen molar-refractivity contribution in [2.75, 3.05) is 12.4 Å². The zero-order valence-electron chi connectivity index (χ0n) is 16.2. The lowest BCUT2D eigenvalue weighted by molar-refractivity contribution is -0.186. The summed E-state index contributed by atoms with van der Waals surface area (Å²) in [4.78, 5) is 0. The average molecular weight is 407 g/mol. The molecule has 4 nitrogen and oxygen atoms in total. The molecule has 1 heterocycles. The minimum Gasteiger partial charge on any atom is -0.493 e. The molecule has 0 spiro atoms. The molecule has 3 aromatic rings. The van der Waals surface area contributed by atoms with Crippen LogP contribution in [-0.4, -0.2) is 23.5 Å². The molecule has 0 aliphatic heterocycles. The zero-order valence-corrected chi connectivity index (χ0v) is 16.2. The summed E-state index contributed by atoms with van der Waals surface area (Å²) in [6, 6.07) is 6.76. The van der Waals surface area contributed by atoms with Crippen LogP contribution in [0.3, 0.4) is 0 Å². The van der Waals surface area contributed by atoms with Crippen LogP contribution in [0.4, 0.5) is 23.2 Å². The Balaban J connectivity index is 1.91. The molecular weight excluding hydrogens is 386 g/mol. The molecule has 2 atom stereocenters. The van der Waals surface area contributed by atoms with Crippen LogP contribution in [-0.2, 0) is 5.41 Å². The van der Waals surface area contributed by atoms with Gasteiger partial charge < -0.3 is 10.1 Å². The molecule has 2 aromatic carbocycles. The number of halogens is 4. The first kappa shape index (κ1) is 19.5. The topological polar surface area (TPSA) is 49.9 Å². The molecule has 0 amide bonds. The molecular formula is C21H21F4N3O. The summed E-state index contributed by atoms with van der Waals surface area (Å²) in [5, 5.41) is 10.5. The van der Waals surface area contributed by atoms with Crippen LogP contribution in [0.15, 0.2) is 36.5 Å². The van der Waals surface area contributed by atoms with Gasteiger partial charge in [-0.15, -0.1) is 0 Å². The van der Waals surface area contributed by atoms with E-state index in [4.69, 9.17) is 4.74 Å². The molecule has 0 saturated carbocycles. The maximum atomic E-state index is 14.4. The van der Waals surface area contributed by atoms with Gasteiger partial charge in [0.05, 0.1) is 30.8 Å². The maximum Gasteiger partial charge on any atom is 0.394 e. The quantitative estimate of drug-likeness (QED) is 0.546. The van der Waals surface area contributed by atoms with Crippen molar-refractivity contribution in [2.24, 2.45) is 5.92 Å². The largest absolute Gasteiger partial charge is 0.493 e. The zero-order chi connectivity index (χ0) is 21.0. The van der Waals surface area contributed by atoms with Gasteiger partial charge in [0.1, 0.15) is 0 Å². The summed E-state index contributed by atoms with van der Waals surface area (Å²) in [7, 11) is 1.33. The minimum atomic E-state index is -4.43. The number of benzene rings is 2. The summed E-state index contributed by atoms with van der Waals surface area (Å²) in [5.41, 5.74) is 1.19. The minimum absolute atomic E-state index is 0.00134. The van der Waals surface area contributed by atoms with Crippen LogP contribution in [0.2, 0.25) is 0 Å². The Hall–Kier alpha value is -2.77. The number of hydrogen-bond donors (Lipinski definition) is 2. The van der Waals surface area contributed by atoms with Crippen molar-refractivity contribution in [3.63, 3.8) is 0 Å². The highest BCUT2D eigenvalue weighted by Crippen LogP contribution is 2.54. The van der Waals surface area contributed by atoms with Gasteiger partial charge in [-0.3, -0.25) is 5.10 Å². The molecule has 0 fully saturated rings. The lowest BCUT2D eigenvalue weighted by Crippen LogP contribution is -2.43. The predicted molar refractivity (Wildman–Crippen MR) is 103 cm³/mol. The van der Waals surface area contributed by atoms with Crippen molar-refractivity contribution in [1.29, 1.82) is 0 Å². The van der Waals surface area contributed by atoms with Crippen LogP contribution < -0.4 is 10.1 Å². The molecule has 154 valence electrons. The van der Waals surface area contributed by atoms with Crippen LogP contribution in [0.5, 0.6) is 5.75 Å². The summed E-state index contributed by atoms with van der Waals surface area (Å²) >= 11 is 0. The Kier molecular flexibility index (Phi) is 4.47.